The summed E-state index contributed by atoms with van der Waals surface area (Å²) < 4.78 is 12.6. The molecule has 0 aliphatic heterocycles. The first-order valence-corrected chi connectivity index (χ1v) is 12.9. The molecule has 0 spiro atoms. The molecule has 6 heteroatoms. The number of fused-ring (bicyclic) bond motifs is 1. The van der Waals surface area contributed by atoms with E-state index in [4.69, 9.17) is 9.47 Å². The summed E-state index contributed by atoms with van der Waals surface area (Å²) in [5, 5.41) is 20.4. The van der Waals surface area contributed by atoms with E-state index >= 15 is 0 Å². The molecule has 0 aliphatic carbocycles. The van der Waals surface area contributed by atoms with Gasteiger partial charge in [0.05, 0.1) is 33.0 Å². The fourth-order valence-corrected chi connectivity index (χ4v) is 5.50. The van der Waals surface area contributed by atoms with E-state index in [0.29, 0.717) is 22.6 Å². The number of benzene rings is 4. The van der Waals surface area contributed by atoms with Crippen LogP contribution in [0.25, 0.3) is 44.3 Å². The van der Waals surface area contributed by atoms with Crippen molar-refractivity contribution in [3.05, 3.63) is 99.8 Å². The molecule has 0 amide bonds. The molecule has 4 aromatic carbocycles. The van der Waals surface area contributed by atoms with Gasteiger partial charge < -0.3 is 19.7 Å². The third-order valence-electron chi connectivity index (χ3n) is 6.53. The van der Waals surface area contributed by atoms with Gasteiger partial charge in [-0.2, -0.15) is 0 Å². The first kappa shape index (κ1) is 25.2. The van der Waals surface area contributed by atoms with E-state index in [0.717, 1.165) is 47.9 Å². The average Bonchev–Trinajstić information content (AvgIpc) is 2.96. The number of hydrogen-bond acceptors (Lipinski definition) is 5. The maximum atomic E-state index is 9.81. The molecule has 37 heavy (non-hydrogen) atoms. The quantitative estimate of drug-likeness (QED) is 0.199. The monoisotopic (exact) mass is 603 g/mol. The minimum absolute atomic E-state index is 0.146. The predicted octanol–water partition coefficient (Wildman–Crippen LogP) is 6.84. The second kappa shape index (κ2) is 10.9. The van der Waals surface area contributed by atoms with E-state index in [9.17, 15) is 10.2 Å². The van der Waals surface area contributed by atoms with Gasteiger partial charge >= 0.3 is 0 Å². The lowest BCUT2D eigenvalue weighted by atomic mass is 9.94. The lowest BCUT2D eigenvalue weighted by molar-refractivity contribution is 0.260. The van der Waals surface area contributed by atoms with Crippen LogP contribution in [0.15, 0.2) is 85.1 Å². The van der Waals surface area contributed by atoms with Crippen molar-refractivity contribution < 1.29 is 19.7 Å². The third-order valence-corrected chi connectivity index (χ3v) is 7.70. The van der Waals surface area contributed by atoms with E-state index in [1.165, 1.54) is 0 Å². The van der Waals surface area contributed by atoms with Crippen LogP contribution in [-0.4, -0.2) is 29.4 Å². The number of rotatable bonds is 7. The van der Waals surface area contributed by atoms with E-state index in [-0.39, 0.29) is 13.2 Å². The largest absolute Gasteiger partial charge is 0.493 e. The number of aliphatic hydroxyl groups is 2. The second-order valence-corrected chi connectivity index (χ2v) is 9.73. The zero-order chi connectivity index (χ0) is 25.9. The average molecular weight is 603 g/mol. The Labute approximate surface area is 229 Å². The van der Waals surface area contributed by atoms with E-state index in [1.54, 1.807) is 14.2 Å². The molecule has 5 nitrogen and oxygen atoms in total. The van der Waals surface area contributed by atoms with Crippen molar-refractivity contribution >= 4 is 33.5 Å². The number of methoxy groups -OCH3 is 2. The molecule has 1 heterocycles. The molecule has 1 aromatic heterocycles. The number of ether oxygens (including phenoxy) is 2. The molecule has 0 bridgehead atoms. The lowest BCUT2D eigenvalue weighted by Gasteiger charge is -2.17. The molecule has 0 aliphatic rings. The van der Waals surface area contributed by atoms with Crippen LogP contribution in [0.5, 0.6) is 11.5 Å². The fourth-order valence-electron chi connectivity index (χ4n) is 4.62. The first-order valence-electron chi connectivity index (χ1n) is 11.8. The van der Waals surface area contributed by atoms with Gasteiger partial charge in [0.15, 0.2) is 11.5 Å². The summed E-state index contributed by atoms with van der Waals surface area (Å²) in [6.07, 6.45) is 1.84. The topological polar surface area (TPSA) is 71.8 Å². The zero-order valence-electron chi connectivity index (χ0n) is 20.5. The minimum atomic E-state index is -0.148. The number of hydrogen-bond donors (Lipinski definition) is 2. The summed E-state index contributed by atoms with van der Waals surface area (Å²) in [4.78, 5) is 4.69. The highest BCUT2D eigenvalue weighted by molar-refractivity contribution is 14.1. The molecule has 5 aromatic rings. The lowest BCUT2D eigenvalue weighted by Crippen LogP contribution is -1.98. The van der Waals surface area contributed by atoms with Crippen LogP contribution in [-0.2, 0) is 13.2 Å². The van der Waals surface area contributed by atoms with Gasteiger partial charge in [-0.25, -0.2) is 0 Å². The Bertz CT molecular complexity index is 1580. The summed E-state index contributed by atoms with van der Waals surface area (Å²) >= 11 is 2.32. The molecule has 2 N–H and O–H groups in total. The standard InChI is InChI=1S/C31H26INO4/c1-36-29-15-22(27-16-33-28-14-24(18-35)23(17-34)13-26(28)30(27)32)12-25(31(29)37-2)21-10-6-9-20(11-21)19-7-4-3-5-8-19/h3-16,34-35H,17-18H2,1-2H3. The second-order valence-electron chi connectivity index (χ2n) is 8.65. The molecule has 0 atom stereocenters. The van der Waals surface area contributed by atoms with E-state index in [2.05, 4.69) is 64.0 Å². The highest BCUT2D eigenvalue weighted by Gasteiger charge is 2.18. The van der Waals surface area contributed by atoms with Crippen molar-refractivity contribution in [3.63, 3.8) is 0 Å². The molecule has 0 saturated heterocycles. The number of aliphatic hydroxyl groups excluding tert-OH is 2. The van der Waals surface area contributed by atoms with Crippen LogP contribution >= 0.6 is 22.6 Å². The van der Waals surface area contributed by atoms with Crippen LogP contribution in [0.2, 0.25) is 0 Å². The highest BCUT2D eigenvalue weighted by Crippen LogP contribution is 2.44. The van der Waals surface area contributed by atoms with Crippen LogP contribution in [0.1, 0.15) is 11.1 Å². The Kier molecular flexibility index (Phi) is 7.41. The van der Waals surface area contributed by atoms with Gasteiger partial charge in [-0.15, -0.1) is 0 Å². The van der Waals surface area contributed by atoms with Crippen molar-refractivity contribution in [1.29, 1.82) is 0 Å². The fraction of sp³-hybridized carbons (Fsp3) is 0.129. The van der Waals surface area contributed by atoms with Gasteiger partial charge in [0, 0.05) is 26.3 Å². The van der Waals surface area contributed by atoms with Gasteiger partial charge in [-0.1, -0.05) is 48.5 Å². The van der Waals surface area contributed by atoms with Crippen molar-refractivity contribution in [3.8, 4) is 44.9 Å². The summed E-state index contributed by atoms with van der Waals surface area (Å²) in [5.41, 5.74) is 8.20. The van der Waals surface area contributed by atoms with Gasteiger partial charge in [-0.05, 0) is 86.3 Å². The summed E-state index contributed by atoms with van der Waals surface area (Å²) in [7, 11) is 3.29. The molecule has 5 rings (SSSR count). The predicted molar refractivity (Wildman–Crippen MR) is 156 cm³/mol. The molecule has 0 saturated carbocycles. The van der Waals surface area contributed by atoms with Crippen LogP contribution in [0.4, 0.5) is 0 Å². The zero-order valence-corrected chi connectivity index (χ0v) is 22.7. The summed E-state index contributed by atoms with van der Waals surface area (Å²) in [6, 6.07) is 26.5. The van der Waals surface area contributed by atoms with Crippen LogP contribution in [0, 0.1) is 3.57 Å². The molecule has 0 fully saturated rings. The number of pyridine rings is 1. The van der Waals surface area contributed by atoms with Crippen molar-refractivity contribution in [2.45, 2.75) is 13.2 Å². The summed E-state index contributed by atoms with van der Waals surface area (Å²) in [5.74, 6) is 1.29. The Hall–Kier alpha value is -3.46. The Morgan fingerprint density at radius 3 is 2.11 bits per heavy atom. The smallest absolute Gasteiger partial charge is 0.168 e. The molecule has 186 valence electrons. The number of halogens is 1. The molecule has 0 radical (unpaired) electrons. The normalized spacial score (nSPS) is 11.1. The van der Waals surface area contributed by atoms with E-state index < -0.39 is 0 Å². The first-order chi connectivity index (χ1) is 18.1. The van der Waals surface area contributed by atoms with Gasteiger partial charge in [0.1, 0.15) is 0 Å². The number of nitrogens with zero attached hydrogens (tertiary/aromatic N) is 1. The SMILES string of the molecule is COc1cc(-c2cnc3cc(CO)c(CO)cc3c2I)cc(-c2cccc(-c3ccccc3)c2)c1OC. The Morgan fingerprint density at radius 1 is 0.703 bits per heavy atom. The highest BCUT2D eigenvalue weighted by atomic mass is 127. The maximum Gasteiger partial charge on any atom is 0.168 e. The molecular weight excluding hydrogens is 577 g/mol. The van der Waals surface area contributed by atoms with Crippen LogP contribution in [0.3, 0.4) is 0 Å². The summed E-state index contributed by atoms with van der Waals surface area (Å²) in [6.45, 7) is -0.294. The third kappa shape index (κ3) is 4.80. The van der Waals surface area contributed by atoms with Gasteiger partial charge in [-0.3, -0.25) is 4.98 Å². The van der Waals surface area contributed by atoms with Crippen molar-refractivity contribution in [2.24, 2.45) is 0 Å². The van der Waals surface area contributed by atoms with Gasteiger partial charge in [0.2, 0.25) is 0 Å². The van der Waals surface area contributed by atoms with Gasteiger partial charge in [0.25, 0.3) is 0 Å². The Morgan fingerprint density at radius 2 is 1.41 bits per heavy atom. The Balaban J connectivity index is 1.70. The molecule has 0 unspecified atom stereocenters. The van der Waals surface area contributed by atoms with E-state index in [1.807, 2.05) is 48.7 Å². The van der Waals surface area contributed by atoms with Crippen LogP contribution < -0.4 is 9.47 Å². The van der Waals surface area contributed by atoms with Crippen molar-refractivity contribution in [2.75, 3.05) is 14.2 Å². The molecular formula is C31H26INO4. The maximum absolute atomic E-state index is 9.81. The van der Waals surface area contributed by atoms with Crippen molar-refractivity contribution in [1.82, 2.24) is 4.98 Å². The minimum Gasteiger partial charge on any atom is -0.493 e. The number of aromatic nitrogens is 1.